The number of nitrogen functional groups attached to an aromatic ring is 1. The molecule has 0 spiro atoms. The fourth-order valence-corrected chi connectivity index (χ4v) is 3.81. The molecule has 5 rings (SSSR count). The largest absolute Gasteiger partial charge is 0.474 e. The summed E-state index contributed by atoms with van der Waals surface area (Å²) in [4.78, 5) is 24.8. The van der Waals surface area contributed by atoms with Crippen molar-refractivity contribution < 1.29 is 23.4 Å². The van der Waals surface area contributed by atoms with E-state index in [1.54, 1.807) is 24.5 Å². The fraction of sp³-hybridized carbons (Fsp3) is 0.250. The predicted octanol–water partition coefficient (Wildman–Crippen LogP) is 3.66. The number of hydrogen-bond acceptors (Lipinski definition) is 9. The Hall–Kier alpha value is -4.25. The average molecular weight is 478 g/mol. The number of halogens is 1. The standard InChI is InChI=1S/C24H23FN6O4/c1-13-17(9-30-23-22(13)28-4-6-34-23)16-7-14-8-19(29-10-18(14)21(26)20(16)25)31-24(32)35-5-2-3-27-15-11-33-12-15/h2-3,5,7-10,15,28H,4,6,11-12,26H2,1H3,(H,29,31,32)/b5-2-,27-3?. The van der Waals surface area contributed by atoms with Gasteiger partial charge in [0.1, 0.15) is 18.1 Å². The average Bonchev–Trinajstić information content (AvgIpc) is 2.83. The second-order valence-electron chi connectivity index (χ2n) is 8.04. The van der Waals surface area contributed by atoms with Crippen LogP contribution < -0.4 is 21.1 Å². The van der Waals surface area contributed by atoms with Gasteiger partial charge in [-0.2, -0.15) is 0 Å². The summed E-state index contributed by atoms with van der Waals surface area (Å²) in [5.41, 5.74) is 8.46. The zero-order valence-corrected chi connectivity index (χ0v) is 18.9. The number of nitrogens with zero attached hydrogens (tertiary/aromatic N) is 3. The van der Waals surface area contributed by atoms with Gasteiger partial charge in [-0.3, -0.25) is 10.3 Å². The van der Waals surface area contributed by atoms with Crippen LogP contribution in [0.25, 0.3) is 21.9 Å². The number of anilines is 3. The highest BCUT2D eigenvalue weighted by Crippen LogP contribution is 2.39. The van der Waals surface area contributed by atoms with Gasteiger partial charge in [0.2, 0.25) is 5.88 Å². The Morgan fingerprint density at radius 3 is 2.97 bits per heavy atom. The molecule has 1 amide bonds. The second-order valence-corrected chi connectivity index (χ2v) is 8.04. The van der Waals surface area contributed by atoms with E-state index in [0.717, 1.165) is 11.3 Å². The molecule has 4 heterocycles. The molecule has 2 aromatic heterocycles. The number of nitrogens with two attached hydrogens (primary N) is 1. The number of aliphatic imine (C=N–C) groups is 1. The molecule has 0 unspecified atom stereocenters. The van der Waals surface area contributed by atoms with Gasteiger partial charge >= 0.3 is 6.09 Å². The number of rotatable bonds is 5. The highest BCUT2D eigenvalue weighted by molar-refractivity contribution is 5.99. The minimum Gasteiger partial charge on any atom is -0.474 e. The Labute approximate surface area is 200 Å². The lowest BCUT2D eigenvalue weighted by atomic mass is 9.97. The number of carbonyl (C=O) groups excluding carboxylic acids is 1. The van der Waals surface area contributed by atoms with Crippen molar-refractivity contribution in [3.8, 4) is 17.0 Å². The zero-order chi connectivity index (χ0) is 24.4. The van der Waals surface area contributed by atoms with E-state index < -0.39 is 11.9 Å². The number of allylic oxidation sites excluding steroid dienone is 1. The summed E-state index contributed by atoms with van der Waals surface area (Å²) >= 11 is 0. The van der Waals surface area contributed by atoms with E-state index in [1.807, 2.05) is 6.92 Å². The smallest absolute Gasteiger partial charge is 0.417 e. The Balaban J connectivity index is 1.38. The molecule has 1 fully saturated rings. The molecular formula is C24H23FN6O4. The van der Waals surface area contributed by atoms with E-state index in [1.165, 1.54) is 18.5 Å². The first-order valence-corrected chi connectivity index (χ1v) is 11.0. The number of aromatic nitrogens is 2. The third-order valence-corrected chi connectivity index (χ3v) is 5.72. The SMILES string of the molecule is Cc1c(-c2cc3cc(NC(=O)O/C=C\C=NC4COC4)ncc3c(N)c2F)cnc2c1NCCO2. The maximum absolute atomic E-state index is 15.3. The Kier molecular flexibility index (Phi) is 6.15. The minimum atomic E-state index is -0.732. The molecule has 0 aliphatic carbocycles. The molecule has 1 saturated heterocycles. The summed E-state index contributed by atoms with van der Waals surface area (Å²) in [6.45, 7) is 4.22. The number of ether oxygens (including phenoxy) is 3. The lowest BCUT2D eigenvalue weighted by molar-refractivity contribution is 0.0135. The molecule has 0 radical (unpaired) electrons. The lowest BCUT2D eigenvalue weighted by Crippen LogP contribution is -2.31. The van der Waals surface area contributed by atoms with Gasteiger partial charge in [-0.1, -0.05) is 0 Å². The Morgan fingerprint density at radius 2 is 2.17 bits per heavy atom. The van der Waals surface area contributed by atoms with Crippen LogP contribution in [0.4, 0.5) is 26.4 Å². The molecule has 35 heavy (non-hydrogen) atoms. The molecule has 1 aromatic carbocycles. The van der Waals surface area contributed by atoms with E-state index >= 15 is 4.39 Å². The number of hydrogen-bond donors (Lipinski definition) is 3. The van der Waals surface area contributed by atoms with Crippen molar-refractivity contribution in [1.29, 1.82) is 0 Å². The Bertz CT molecular complexity index is 1360. The molecule has 4 N–H and O–H groups in total. The van der Waals surface area contributed by atoms with Crippen LogP contribution in [0.1, 0.15) is 5.56 Å². The molecule has 11 heteroatoms. The van der Waals surface area contributed by atoms with E-state index in [9.17, 15) is 4.79 Å². The molecule has 2 aliphatic rings. The number of amides is 1. The first-order valence-electron chi connectivity index (χ1n) is 11.0. The second kappa shape index (κ2) is 9.55. The van der Waals surface area contributed by atoms with Crippen LogP contribution in [0.5, 0.6) is 5.88 Å². The summed E-state index contributed by atoms with van der Waals surface area (Å²) < 4.78 is 30.8. The van der Waals surface area contributed by atoms with Crippen molar-refractivity contribution in [2.24, 2.45) is 4.99 Å². The normalized spacial score (nSPS) is 15.5. The topological polar surface area (TPSA) is 133 Å². The molecule has 3 aromatic rings. The molecule has 0 atom stereocenters. The van der Waals surface area contributed by atoms with E-state index in [2.05, 4.69) is 25.6 Å². The van der Waals surface area contributed by atoms with Crippen LogP contribution in [0.3, 0.4) is 0 Å². The van der Waals surface area contributed by atoms with Crippen LogP contribution in [0.15, 0.2) is 41.9 Å². The number of pyridine rings is 2. The highest BCUT2D eigenvalue weighted by atomic mass is 19.1. The molecular weight excluding hydrogens is 455 g/mol. The van der Waals surface area contributed by atoms with Gasteiger partial charge in [-0.25, -0.2) is 19.2 Å². The zero-order valence-electron chi connectivity index (χ0n) is 18.9. The van der Waals surface area contributed by atoms with Crippen LogP contribution >= 0.6 is 0 Å². The van der Waals surface area contributed by atoms with Crippen molar-refractivity contribution in [2.75, 3.05) is 42.7 Å². The molecule has 180 valence electrons. The van der Waals surface area contributed by atoms with Crippen molar-refractivity contribution >= 4 is 40.3 Å². The van der Waals surface area contributed by atoms with E-state index in [4.69, 9.17) is 19.9 Å². The van der Waals surface area contributed by atoms with Crippen molar-refractivity contribution in [3.63, 3.8) is 0 Å². The number of fused-ring (bicyclic) bond motifs is 2. The molecule has 0 saturated carbocycles. The third kappa shape index (κ3) is 4.58. The van der Waals surface area contributed by atoms with Gasteiger partial charge in [-0.15, -0.1) is 0 Å². The lowest BCUT2D eigenvalue weighted by Gasteiger charge is -2.22. The molecule has 10 nitrogen and oxygen atoms in total. The highest BCUT2D eigenvalue weighted by Gasteiger charge is 2.21. The summed E-state index contributed by atoms with van der Waals surface area (Å²) in [7, 11) is 0. The number of benzene rings is 1. The minimum absolute atomic E-state index is 0.0421. The van der Waals surface area contributed by atoms with E-state index in [-0.39, 0.29) is 23.1 Å². The first kappa shape index (κ1) is 22.5. The summed E-state index contributed by atoms with van der Waals surface area (Å²) in [5.74, 6) is 0.142. The molecule has 0 bridgehead atoms. The van der Waals surface area contributed by atoms with Gasteiger partial charge in [0.05, 0.1) is 31.2 Å². The Morgan fingerprint density at radius 1 is 1.31 bits per heavy atom. The number of carbonyl (C=O) groups is 1. The third-order valence-electron chi connectivity index (χ3n) is 5.72. The first-order chi connectivity index (χ1) is 17.0. The van der Waals surface area contributed by atoms with Crippen LogP contribution in [-0.4, -0.2) is 54.7 Å². The van der Waals surface area contributed by atoms with Gasteiger partial charge in [-0.05, 0) is 36.1 Å². The summed E-state index contributed by atoms with van der Waals surface area (Å²) in [6.07, 6.45) is 6.52. The van der Waals surface area contributed by atoms with E-state index in [0.29, 0.717) is 48.6 Å². The summed E-state index contributed by atoms with van der Waals surface area (Å²) in [6, 6.07) is 3.41. The van der Waals surface area contributed by atoms with Crippen LogP contribution in [-0.2, 0) is 9.47 Å². The fourth-order valence-electron chi connectivity index (χ4n) is 3.81. The monoisotopic (exact) mass is 478 g/mol. The van der Waals surface area contributed by atoms with Crippen LogP contribution in [0, 0.1) is 12.7 Å². The quantitative estimate of drug-likeness (QED) is 0.287. The van der Waals surface area contributed by atoms with Gasteiger partial charge in [0.15, 0.2) is 5.82 Å². The van der Waals surface area contributed by atoms with Gasteiger partial charge in [0, 0.05) is 41.7 Å². The maximum atomic E-state index is 15.3. The van der Waals surface area contributed by atoms with Gasteiger partial charge in [0.25, 0.3) is 0 Å². The van der Waals surface area contributed by atoms with Crippen molar-refractivity contribution in [3.05, 3.63) is 48.2 Å². The number of nitrogens with one attached hydrogen (secondary N) is 2. The van der Waals surface area contributed by atoms with Crippen molar-refractivity contribution in [1.82, 2.24) is 9.97 Å². The van der Waals surface area contributed by atoms with Crippen molar-refractivity contribution in [2.45, 2.75) is 13.0 Å². The van der Waals surface area contributed by atoms with Crippen LogP contribution in [0.2, 0.25) is 0 Å². The molecule has 2 aliphatic heterocycles. The summed E-state index contributed by atoms with van der Waals surface area (Å²) in [5, 5.41) is 6.80. The maximum Gasteiger partial charge on any atom is 0.417 e. The van der Waals surface area contributed by atoms with Gasteiger partial charge < -0.3 is 25.3 Å². The predicted molar refractivity (Wildman–Crippen MR) is 130 cm³/mol.